The minimum Gasteiger partial charge on any atom is -0.484 e. The van der Waals surface area contributed by atoms with E-state index in [0.717, 1.165) is 10.0 Å². The first-order valence-electron chi connectivity index (χ1n) is 5.99. The number of hydrogen-bond donors (Lipinski definition) is 0. The molecule has 2 aromatic rings. The van der Waals surface area contributed by atoms with Crippen LogP contribution in [0.4, 0.5) is 0 Å². The number of fused-ring (bicyclic) bond motifs is 1. The Morgan fingerprint density at radius 1 is 1.15 bits per heavy atom. The van der Waals surface area contributed by atoms with Crippen molar-refractivity contribution in [1.82, 2.24) is 0 Å². The summed E-state index contributed by atoms with van der Waals surface area (Å²) in [7, 11) is 0. The molecule has 0 aliphatic carbocycles. The van der Waals surface area contributed by atoms with Gasteiger partial charge in [-0.3, -0.25) is 4.79 Å². The SMILES string of the molecule is O=C1CC(c2ccc(Br)c(Cl)c2)Oc2ccc(Cl)cc21. The predicted octanol–water partition coefficient (Wildman–Crippen LogP) is 5.46. The molecule has 1 atom stereocenters. The molecule has 1 unspecified atom stereocenters. The highest BCUT2D eigenvalue weighted by molar-refractivity contribution is 9.10. The summed E-state index contributed by atoms with van der Waals surface area (Å²) in [5.74, 6) is 0.590. The molecule has 1 aliphatic heterocycles. The lowest BCUT2D eigenvalue weighted by Gasteiger charge is -2.25. The van der Waals surface area contributed by atoms with Crippen molar-refractivity contribution in [2.24, 2.45) is 0 Å². The quantitative estimate of drug-likeness (QED) is 0.665. The summed E-state index contributed by atoms with van der Waals surface area (Å²) >= 11 is 15.3. The van der Waals surface area contributed by atoms with E-state index >= 15 is 0 Å². The number of rotatable bonds is 1. The molecule has 20 heavy (non-hydrogen) atoms. The van der Waals surface area contributed by atoms with Crippen LogP contribution in [0.2, 0.25) is 10.0 Å². The average Bonchev–Trinajstić information content (AvgIpc) is 2.42. The number of carbonyl (C=O) groups excluding carboxylic acids is 1. The summed E-state index contributed by atoms with van der Waals surface area (Å²) in [6.07, 6.45) is -0.0348. The summed E-state index contributed by atoms with van der Waals surface area (Å²) in [4.78, 5) is 12.2. The van der Waals surface area contributed by atoms with Gasteiger partial charge in [-0.2, -0.15) is 0 Å². The van der Waals surface area contributed by atoms with Crippen molar-refractivity contribution in [3.63, 3.8) is 0 Å². The molecule has 0 N–H and O–H groups in total. The molecular weight excluding hydrogens is 363 g/mol. The van der Waals surface area contributed by atoms with E-state index in [-0.39, 0.29) is 18.3 Å². The van der Waals surface area contributed by atoms with Crippen LogP contribution in [0.5, 0.6) is 5.75 Å². The van der Waals surface area contributed by atoms with Crippen molar-refractivity contribution >= 4 is 44.9 Å². The maximum Gasteiger partial charge on any atom is 0.170 e. The zero-order chi connectivity index (χ0) is 14.3. The molecule has 0 bridgehead atoms. The third kappa shape index (κ3) is 2.58. The van der Waals surface area contributed by atoms with Crippen molar-refractivity contribution in [3.05, 3.63) is 62.0 Å². The van der Waals surface area contributed by atoms with E-state index < -0.39 is 0 Å². The first kappa shape index (κ1) is 13.9. The number of benzene rings is 2. The minimum atomic E-state index is -0.318. The number of hydrogen-bond acceptors (Lipinski definition) is 2. The van der Waals surface area contributed by atoms with Crippen LogP contribution in [0.1, 0.15) is 28.4 Å². The number of halogens is 3. The molecule has 5 heteroatoms. The van der Waals surface area contributed by atoms with Gasteiger partial charge in [0.15, 0.2) is 5.78 Å². The van der Waals surface area contributed by atoms with Gasteiger partial charge in [-0.1, -0.05) is 29.3 Å². The number of ketones is 1. The van der Waals surface area contributed by atoms with Gasteiger partial charge in [-0.15, -0.1) is 0 Å². The van der Waals surface area contributed by atoms with Crippen molar-refractivity contribution in [3.8, 4) is 5.75 Å². The van der Waals surface area contributed by atoms with Gasteiger partial charge in [0.2, 0.25) is 0 Å². The third-order valence-corrected chi connectivity index (χ3v) is 4.67. The molecule has 0 amide bonds. The van der Waals surface area contributed by atoms with E-state index in [1.165, 1.54) is 0 Å². The van der Waals surface area contributed by atoms with Crippen LogP contribution in [0.25, 0.3) is 0 Å². The summed E-state index contributed by atoms with van der Waals surface area (Å²) < 4.78 is 6.70. The fraction of sp³-hybridized carbons (Fsp3) is 0.133. The van der Waals surface area contributed by atoms with Gasteiger partial charge in [0.05, 0.1) is 17.0 Å². The number of Topliss-reactive ketones (excluding diaryl/α,β-unsaturated/α-hetero) is 1. The topological polar surface area (TPSA) is 26.3 Å². The van der Waals surface area contributed by atoms with E-state index in [1.54, 1.807) is 18.2 Å². The van der Waals surface area contributed by atoms with E-state index in [2.05, 4.69) is 15.9 Å². The predicted molar refractivity (Wildman–Crippen MR) is 82.9 cm³/mol. The molecule has 0 aromatic heterocycles. The maximum atomic E-state index is 12.2. The van der Waals surface area contributed by atoms with Gasteiger partial charge in [0.25, 0.3) is 0 Å². The minimum absolute atomic E-state index is 0.0257. The Morgan fingerprint density at radius 2 is 1.95 bits per heavy atom. The number of carbonyl (C=O) groups is 1. The Bertz CT molecular complexity index is 700. The summed E-state index contributed by atoms with van der Waals surface area (Å²) in [6, 6.07) is 10.6. The lowest BCUT2D eigenvalue weighted by molar-refractivity contribution is 0.0850. The van der Waals surface area contributed by atoms with Crippen LogP contribution in [0, 0.1) is 0 Å². The summed E-state index contributed by atoms with van der Waals surface area (Å²) in [6.45, 7) is 0. The van der Waals surface area contributed by atoms with Crippen LogP contribution in [-0.4, -0.2) is 5.78 Å². The van der Waals surface area contributed by atoms with Crippen LogP contribution < -0.4 is 4.74 Å². The first-order chi connectivity index (χ1) is 9.54. The molecule has 102 valence electrons. The third-order valence-electron chi connectivity index (χ3n) is 3.20. The van der Waals surface area contributed by atoms with E-state index in [4.69, 9.17) is 27.9 Å². The average molecular weight is 372 g/mol. The van der Waals surface area contributed by atoms with Crippen LogP contribution in [0.15, 0.2) is 40.9 Å². The fourth-order valence-electron chi connectivity index (χ4n) is 2.19. The summed E-state index contributed by atoms with van der Waals surface area (Å²) in [5, 5.41) is 1.13. The Balaban J connectivity index is 1.97. The second-order valence-corrected chi connectivity index (χ2v) is 6.25. The van der Waals surface area contributed by atoms with Crippen molar-refractivity contribution in [2.45, 2.75) is 12.5 Å². The van der Waals surface area contributed by atoms with Gasteiger partial charge >= 0.3 is 0 Å². The molecule has 0 saturated carbocycles. The van der Waals surface area contributed by atoms with Gasteiger partial charge in [-0.05, 0) is 51.8 Å². The highest BCUT2D eigenvalue weighted by Crippen LogP contribution is 2.37. The monoisotopic (exact) mass is 370 g/mol. The smallest absolute Gasteiger partial charge is 0.170 e. The Kier molecular flexibility index (Phi) is 3.76. The summed E-state index contributed by atoms with van der Waals surface area (Å²) in [5.41, 5.74) is 1.42. The molecule has 0 fully saturated rings. The van der Waals surface area contributed by atoms with Gasteiger partial charge < -0.3 is 4.74 Å². The zero-order valence-corrected chi connectivity index (χ0v) is 13.3. The van der Waals surface area contributed by atoms with Crippen molar-refractivity contribution in [1.29, 1.82) is 0 Å². The Labute approximate surface area is 134 Å². The molecule has 0 radical (unpaired) electrons. The van der Waals surface area contributed by atoms with Crippen molar-refractivity contribution < 1.29 is 9.53 Å². The van der Waals surface area contributed by atoms with Gasteiger partial charge in [0.1, 0.15) is 11.9 Å². The van der Waals surface area contributed by atoms with Crippen molar-refractivity contribution in [2.75, 3.05) is 0 Å². The number of ether oxygens (including phenoxy) is 1. The second kappa shape index (κ2) is 5.40. The maximum absolute atomic E-state index is 12.2. The van der Waals surface area contributed by atoms with Crippen LogP contribution >= 0.6 is 39.1 Å². The molecule has 1 aliphatic rings. The second-order valence-electron chi connectivity index (χ2n) is 4.55. The molecule has 2 nitrogen and oxygen atoms in total. The molecule has 3 rings (SSSR count). The van der Waals surface area contributed by atoms with E-state index in [9.17, 15) is 4.79 Å². The molecule has 1 heterocycles. The molecule has 0 saturated heterocycles. The lowest BCUT2D eigenvalue weighted by atomic mass is 9.96. The highest BCUT2D eigenvalue weighted by atomic mass is 79.9. The Morgan fingerprint density at radius 3 is 2.70 bits per heavy atom. The molecular formula is C15H9BrCl2O2. The molecule has 2 aromatic carbocycles. The van der Waals surface area contributed by atoms with E-state index in [1.807, 2.05) is 18.2 Å². The molecule has 0 spiro atoms. The van der Waals surface area contributed by atoms with Gasteiger partial charge in [0, 0.05) is 9.50 Å². The highest BCUT2D eigenvalue weighted by Gasteiger charge is 2.28. The first-order valence-corrected chi connectivity index (χ1v) is 7.54. The largest absolute Gasteiger partial charge is 0.484 e. The van der Waals surface area contributed by atoms with Crippen LogP contribution in [0.3, 0.4) is 0 Å². The fourth-order valence-corrected chi connectivity index (χ4v) is 2.80. The standard InChI is InChI=1S/C15H9BrCl2O2/c16-11-3-1-8(5-12(11)18)15-7-13(19)10-6-9(17)2-4-14(10)20-15/h1-6,15H,7H2. The van der Waals surface area contributed by atoms with Crippen LogP contribution in [-0.2, 0) is 0 Å². The lowest BCUT2D eigenvalue weighted by Crippen LogP contribution is -2.20. The zero-order valence-electron chi connectivity index (χ0n) is 10.2. The van der Waals surface area contributed by atoms with Gasteiger partial charge in [-0.25, -0.2) is 0 Å². The van der Waals surface area contributed by atoms with E-state index in [0.29, 0.717) is 21.4 Å². The Hall–Kier alpha value is -1.03. The normalized spacial score (nSPS) is 17.6.